The highest BCUT2D eigenvalue weighted by molar-refractivity contribution is 5.12. The lowest BCUT2D eigenvalue weighted by Crippen LogP contribution is -2.35. The zero-order valence-electron chi connectivity index (χ0n) is 10.5. The number of aromatic nitrogens is 3. The molecule has 2 aliphatic carbocycles. The third-order valence-corrected chi connectivity index (χ3v) is 4.99. The molecule has 5 heteroatoms. The van der Waals surface area contributed by atoms with Crippen molar-refractivity contribution < 1.29 is 0 Å². The molecule has 1 saturated carbocycles. The van der Waals surface area contributed by atoms with Crippen LogP contribution in [0.15, 0.2) is 21.7 Å². The first-order chi connectivity index (χ1) is 8.68. The average molecular weight is 247 g/mol. The normalized spacial score (nSPS) is 36.5. The Morgan fingerprint density at radius 2 is 1.50 bits per heavy atom. The zero-order valence-corrected chi connectivity index (χ0v) is 10.5. The van der Waals surface area contributed by atoms with Crippen molar-refractivity contribution in [2.45, 2.75) is 37.8 Å². The zero-order chi connectivity index (χ0) is 12.4. The van der Waals surface area contributed by atoms with Crippen LogP contribution in [0.3, 0.4) is 0 Å². The number of hydrogen-bond acceptors (Lipinski definition) is 2. The number of rotatable bonds is 0. The van der Waals surface area contributed by atoms with E-state index in [4.69, 9.17) is 0 Å². The van der Waals surface area contributed by atoms with Crippen LogP contribution in [0.5, 0.6) is 0 Å². The molecule has 5 nitrogen and oxygen atoms in total. The van der Waals surface area contributed by atoms with E-state index >= 15 is 0 Å². The molecule has 2 aliphatic heterocycles. The van der Waals surface area contributed by atoms with Crippen LogP contribution in [0.4, 0.5) is 0 Å². The quantitative estimate of drug-likeness (QED) is 0.637. The fraction of sp³-hybridized carbons (Fsp3) is 0.692. The van der Waals surface area contributed by atoms with Gasteiger partial charge in [-0.15, -0.1) is 0 Å². The fourth-order valence-electron chi connectivity index (χ4n) is 4.11. The first-order valence-corrected chi connectivity index (χ1v) is 6.77. The van der Waals surface area contributed by atoms with Gasteiger partial charge in [-0.2, -0.15) is 0 Å². The Bertz CT molecular complexity index is 597. The first-order valence-electron chi connectivity index (χ1n) is 6.77. The van der Waals surface area contributed by atoms with Crippen LogP contribution < -0.4 is 11.4 Å². The maximum atomic E-state index is 12.2. The van der Waals surface area contributed by atoms with E-state index in [2.05, 4.69) is 12.2 Å². The van der Waals surface area contributed by atoms with E-state index in [0.717, 1.165) is 6.42 Å². The molecule has 0 saturated heterocycles. The van der Waals surface area contributed by atoms with Crippen molar-refractivity contribution in [1.82, 2.24) is 13.9 Å². The molecule has 0 aromatic carbocycles. The van der Waals surface area contributed by atoms with Gasteiger partial charge in [-0.25, -0.2) is 23.5 Å². The minimum Gasteiger partial charge on any atom is -0.246 e. The maximum Gasteiger partial charge on any atom is 0.347 e. The summed E-state index contributed by atoms with van der Waals surface area (Å²) in [5, 5.41) is 0. The van der Waals surface area contributed by atoms with Crippen LogP contribution >= 0.6 is 0 Å². The average Bonchev–Trinajstić information content (AvgIpc) is 2.53. The van der Waals surface area contributed by atoms with Crippen molar-refractivity contribution in [3.63, 3.8) is 0 Å². The van der Waals surface area contributed by atoms with Gasteiger partial charge in [0.2, 0.25) is 0 Å². The lowest BCUT2D eigenvalue weighted by atomic mass is 9.78. The van der Waals surface area contributed by atoms with E-state index in [1.54, 1.807) is 16.4 Å². The Labute approximate surface area is 104 Å². The summed E-state index contributed by atoms with van der Waals surface area (Å²) in [6.07, 6.45) is 9.04. The molecule has 1 aromatic rings. The molecule has 18 heavy (non-hydrogen) atoms. The van der Waals surface area contributed by atoms with Gasteiger partial charge in [-0.1, -0.05) is 18.6 Å². The van der Waals surface area contributed by atoms with Gasteiger partial charge in [0.05, 0.1) is 12.1 Å². The molecule has 4 aliphatic rings. The summed E-state index contributed by atoms with van der Waals surface area (Å²) >= 11 is 0. The van der Waals surface area contributed by atoms with Crippen LogP contribution in [-0.4, -0.2) is 13.9 Å². The molecular weight excluding hydrogens is 230 g/mol. The van der Waals surface area contributed by atoms with Crippen molar-refractivity contribution in [3.8, 4) is 0 Å². The molecule has 0 radical (unpaired) electrons. The van der Waals surface area contributed by atoms with Crippen LogP contribution in [0.2, 0.25) is 0 Å². The largest absolute Gasteiger partial charge is 0.347 e. The van der Waals surface area contributed by atoms with Gasteiger partial charge in [-0.05, 0) is 31.1 Å². The summed E-state index contributed by atoms with van der Waals surface area (Å²) in [5.74, 6) is 1.05. The van der Waals surface area contributed by atoms with E-state index in [9.17, 15) is 9.59 Å². The van der Waals surface area contributed by atoms with Crippen molar-refractivity contribution in [2.75, 3.05) is 0 Å². The number of hydrogen-bond donors (Lipinski definition) is 0. The second-order valence-corrected chi connectivity index (χ2v) is 5.87. The molecule has 1 aromatic heterocycles. The van der Waals surface area contributed by atoms with Gasteiger partial charge in [0.15, 0.2) is 0 Å². The first kappa shape index (κ1) is 10.4. The molecule has 5 rings (SSSR count). The van der Waals surface area contributed by atoms with Gasteiger partial charge in [0.25, 0.3) is 0 Å². The van der Waals surface area contributed by atoms with Crippen LogP contribution in [0.1, 0.15) is 37.8 Å². The van der Waals surface area contributed by atoms with Crippen molar-refractivity contribution in [3.05, 3.63) is 33.1 Å². The maximum absolute atomic E-state index is 12.2. The molecule has 0 spiro atoms. The Morgan fingerprint density at radius 1 is 1.00 bits per heavy atom. The van der Waals surface area contributed by atoms with E-state index in [1.807, 2.05) is 0 Å². The van der Waals surface area contributed by atoms with Crippen LogP contribution in [0.25, 0.3) is 0 Å². The molecule has 4 atom stereocenters. The van der Waals surface area contributed by atoms with E-state index < -0.39 is 0 Å². The van der Waals surface area contributed by atoms with E-state index in [-0.39, 0.29) is 23.5 Å². The summed E-state index contributed by atoms with van der Waals surface area (Å²) in [4.78, 5) is 24.5. The minimum absolute atomic E-state index is 0.0907. The molecule has 0 unspecified atom stereocenters. The lowest BCUT2D eigenvalue weighted by molar-refractivity contribution is 0.237. The van der Waals surface area contributed by atoms with Crippen molar-refractivity contribution >= 4 is 0 Å². The molecular formula is C13H17N3O2. The van der Waals surface area contributed by atoms with Gasteiger partial charge >= 0.3 is 11.4 Å². The second-order valence-electron chi connectivity index (χ2n) is 5.87. The third-order valence-electron chi connectivity index (χ3n) is 4.99. The summed E-state index contributed by atoms with van der Waals surface area (Å²) in [7, 11) is 1.58. The van der Waals surface area contributed by atoms with E-state index in [1.165, 1.54) is 23.8 Å². The van der Waals surface area contributed by atoms with Gasteiger partial charge in [0.1, 0.15) is 0 Å². The smallest absolute Gasteiger partial charge is 0.246 e. The summed E-state index contributed by atoms with van der Waals surface area (Å²) < 4.78 is 4.67. The molecule has 3 heterocycles. The van der Waals surface area contributed by atoms with Gasteiger partial charge in [0, 0.05) is 7.05 Å². The molecule has 1 fully saturated rings. The molecule has 0 amide bonds. The summed E-state index contributed by atoms with van der Waals surface area (Å²) in [5.41, 5.74) is -0.321. The predicted octanol–water partition coefficient (Wildman–Crippen LogP) is 0.820. The monoisotopic (exact) mass is 247 g/mol. The van der Waals surface area contributed by atoms with Crippen LogP contribution in [0, 0.1) is 11.8 Å². The van der Waals surface area contributed by atoms with Crippen molar-refractivity contribution in [1.29, 1.82) is 0 Å². The van der Waals surface area contributed by atoms with E-state index in [0.29, 0.717) is 11.8 Å². The summed E-state index contributed by atoms with van der Waals surface area (Å²) in [6, 6.07) is 0.181. The van der Waals surface area contributed by atoms with Gasteiger partial charge in [-0.3, -0.25) is 0 Å². The highest BCUT2D eigenvalue weighted by Crippen LogP contribution is 2.46. The molecule has 4 bridgehead atoms. The molecule has 0 N–H and O–H groups in total. The van der Waals surface area contributed by atoms with Gasteiger partial charge < -0.3 is 0 Å². The molecule has 96 valence electrons. The minimum atomic E-state index is -0.160. The highest BCUT2D eigenvalue weighted by atomic mass is 16.2. The number of allylic oxidation sites excluding steroid dienone is 2. The predicted molar refractivity (Wildman–Crippen MR) is 66.6 cm³/mol. The number of nitrogens with zero attached hydrogens (tertiary/aromatic N) is 3. The highest BCUT2D eigenvalue weighted by Gasteiger charge is 2.42. The second kappa shape index (κ2) is 3.28. The Hall–Kier alpha value is -1.52. The SMILES string of the molecule is Cn1c(=O)n2n(c1=O)[C@H]1C=C[C@@H]2[C@@H]2CCC[C@@H]1C2. The van der Waals surface area contributed by atoms with Crippen molar-refractivity contribution in [2.24, 2.45) is 18.9 Å². The standard InChI is InChI=1S/C13H17N3O2/c1-14-12(17)15-10-5-6-11(16(15)13(14)18)9-4-2-3-8(10)7-9/h5-6,8-11H,2-4,7H2,1H3/t8-,9-,10-,11+/m1/s1. The summed E-state index contributed by atoms with van der Waals surface area (Å²) in [6.45, 7) is 0. The fourth-order valence-corrected chi connectivity index (χ4v) is 4.11. The van der Waals surface area contributed by atoms with Crippen LogP contribution in [-0.2, 0) is 7.05 Å². The topological polar surface area (TPSA) is 48.9 Å². The third kappa shape index (κ3) is 1.07. The Balaban J connectivity index is 2.05. The Kier molecular flexibility index (Phi) is 1.89. The lowest BCUT2D eigenvalue weighted by Gasteiger charge is -2.28. The Morgan fingerprint density at radius 3 is 2.00 bits per heavy atom.